The Morgan fingerprint density at radius 2 is 2.04 bits per heavy atom. The number of halogens is 1. The normalized spacial score (nSPS) is 24.4. The second-order valence-corrected chi connectivity index (χ2v) is 7.65. The van der Waals surface area contributed by atoms with Gasteiger partial charge in [0.2, 0.25) is 0 Å². The molecule has 2 aromatic rings. The van der Waals surface area contributed by atoms with Crippen molar-refractivity contribution < 1.29 is 4.74 Å². The lowest BCUT2D eigenvalue weighted by Crippen LogP contribution is -2.45. The molecule has 1 aromatic heterocycles. The average molecular weight is 342 g/mol. The molecular weight excluding hydrogens is 322 g/mol. The molecule has 0 saturated heterocycles. The van der Waals surface area contributed by atoms with Crippen molar-refractivity contribution in [3.8, 4) is 11.3 Å². The van der Waals surface area contributed by atoms with Crippen LogP contribution in [-0.2, 0) is 16.7 Å². The Kier molecular flexibility index (Phi) is 3.36. The standard InChI is InChI=1S/C19H20ClN3O/c1-18(2)8-7-12-3-4-13(16-6-5-14(20)10-22-16)9-15(12)19(18)11-24-17(21)23-19/h3-6,9-10H,7-8,11H2,1-2H3,(H2,21,23). The third-order valence-corrected chi connectivity index (χ3v) is 5.67. The van der Waals surface area contributed by atoms with E-state index in [1.165, 1.54) is 11.1 Å². The quantitative estimate of drug-likeness (QED) is 0.855. The summed E-state index contributed by atoms with van der Waals surface area (Å²) in [5.74, 6) is 0. The fourth-order valence-electron chi connectivity index (χ4n) is 3.82. The highest BCUT2D eigenvalue weighted by Gasteiger charge is 2.53. The summed E-state index contributed by atoms with van der Waals surface area (Å²) in [6.45, 7) is 4.99. The lowest BCUT2D eigenvalue weighted by molar-refractivity contribution is 0.0990. The van der Waals surface area contributed by atoms with Crippen molar-refractivity contribution in [1.29, 1.82) is 0 Å². The van der Waals surface area contributed by atoms with Crippen LogP contribution in [0.1, 0.15) is 31.4 Å². The van der Waals surface area contributed by atoms with Gasteiger partial charge in [0.05, 0.1) is 10.7 Å². The van der Waals surface area contributed by atoms with E-state index in [0.717, 1.165) is 24.1 Å². The number of ether oxygens (including phenoxy) is 1. The van der Waals surface area contributed by atoms with E-state index in [4.69, 9.17) is 27.1 Å². The molecule has 2 heterocycles. The molecule has 24 heavy (non-hydrogen) atoms. The minimum atomic E-state index is -0.424. The zero-order valence-electron chi connectivity index (χ0n) is 13.8. The fraction of sp³-hybridized carbons (Fsp3) is 0.368. The first-order valence-electron chi connectivity index (χ1n) is 8.15. The van der Waals surface area contributed by atoms with Gasteiger partial charge < -0.3 is 10.5 Å². The number of hydrogen-bond donors (Lipinski definition) is 1. The molecule has 0 saturated carbocycles. The molecule has 5 heteroatoms. The predicted molar refractivity (Wildman–Crippen MR) is 96.0 cm³/mol. The largest absolute Gasteiger partial charge is 0.462 e. The number of pyridine rings is 1. The SMILES string of the molecule is CC1(C)CCc2ccc(-c3ccc(Cl)cn3)cc2C12COC(N)=N2. The molecule has 1 aliphatic heterocycles. The van der Waals surface area contributed by atoms with E-state index in [-0.39, 0.29) is 11.4 Å². The molecule has 0 radical (unpaired) electrons. The molecule has 1 spiro atoms. The van der Waals surface area contributed by atoms with Crippen molar-refractivity contribution in [2.75, 3.05) is 6.61 Å². The molecule has 4 rings (SSSR count). The number of benzene rings is 1. The van der Waals surface area contributed by atoms with Gasteiger partial charge in [-0.25, -0.2) is 4.99 Å². The first-order chi connectivity index (χ1) is 11.4. The Morgan fingerprint density at radius 1 is 1.21 bits per heavy atom. The number of amidine groups is 1. The van der Waals surface area contributed by atoms with Crippen molar-refractivity contribution in [2.24, 2.45) is 16.1 Å². The fourth-order valence-corrected chi connectivity index (χ4v) is 3.93. The summed E-state index contributed by atoms with van der Waals surface area (Å²) in [4.78, 5) is 9.19. The van der Waals surface area contributed by atoms with Crippen molar-refractivity contribution in [3.63, 3.8) is 0 Å². The van der Waals surface area contributed by atoms with Crippen LogP contribution < -0.4 is 5.73 Å². The van der Waals surface area contributed by atoms with Crippen LogP contribution in [0.3, 0.4) is 0 Å². The van der Waals surface area contributed by atoms with Crippen molar-refractivity contribution >= 4 is 17.6 Å². The van der Waals surface area contributed by atoms with Gasteiger partial charge in [0.25, 0.3) is 6.02 Å². The third kappa shape index (κ3) is 2.20. The molecule has 0 fully saturated rings. The van der Waals surface area contributed by atoms with Gasteiger partial charge in [-0.15, -0.1) is 0 Å². The molecular formula is C19H20ClN3O. The molecule has 2 aliphatic rings. The van der Waals surface area contributed by atoms with Gasteiger partial charge in [0.1, 0.15) is 12.1 Å². The minimum Gasteiger partial charge on any atom is -0.462 e. The predicted octanol–water partition coefficient (Wildman–Crippen LogP) is 3.91. The Bertz CT molecular complexity index is 829. The van der Waals surface area contributed by atoms with E-state index in [1.807, 2.05) is 12.1 Å². The molecule has 124 valence electrons. The van der Waals surface area contributed by atoms with Crippen LogP contribution in [0.5, 0.6) is 0 Å². The van der Waals surface area contributed by atoms with Gasteiger partial charge in [-0.05, 0) is 47.6 Å². The zero-order valence-corrected chi connectivity index (χ0v) is 14.6. The first kappa shape index (κ1) is 15.5. The lowest BCUT2D eigenvalue weighted by atomic mass is 9.61. The van der Waals surface area contributed by atoms with E-state index in [1.54, 1.807) is 6.20 Å². The van der Waals surface area contributed by atoms with Gasteiger partial charge in [0.15, 0.2) is 0 Å². The summed E-state index contributed by atoms with van der Waals surface area (Å²) in [7, 11) is 0. The number of aryl methyl sites for hydroxylation is 1. The topological polar surface area (TPSA) is 60.5 Å². The summed E-state index contributed by atoms with van der Waals surface area (Å²) in [6, 6.07) is 10.6. The van der Waals surface area contributed by atoms with E-state index >= 15 is 0 Å². The number of hydrogen-bond acceptors (Lipinski definition) is 4. The number of fused-ring (bicyclic) bond motifs is 2. The maximum atomic E-state index is 5.96. The smallest absolute Gasteiger partial charge is 0.283 e. The van der Waals surface area contributed by atoms with Gasteiger partial charge in [-0.3, -0.25) is 4.98 Å². The Morgan fingerprint density at radius 3 is 2.71 bits per heavy atom. The molecule has 0 bridgehead atoms. The summed E-state index contributed by atoms with van der Waals surface area (Å²) in [5.41, 5.74) is 9.92. The van der Waals surface area contributed by atoms with Crippen LogP contribution in [0.15, 0.2) is 41.5 Å². The molecule has 1 aromatic carbocycles. The molecule has 0 amide bonds. The highest BCUT2D eigenvalue weighted by Crippen LogP contribution is 2.53. The molecule has 1 atom stereocenters. The van der Waals surface area contributed by atoms with E-state index in [0.29, 0.717) is 11.6 Å². The number of nitrogens with two attached hydrogens (primary N) is 1. The van der Waals surface area contributed by atoms with Crippen LogP contribution in [0.25, 0.3) is 11.3 Å². The number of aliphatic imine (C=N–C) groups is 1. The van der Waals surface area contributed by atoms with Gasteiger partial charge in [-0.1, -0.05) is 37.6 Å². The van der Waals surface area contributed by atoms with Crippen LogP contribution in [0.2, 0.25) is 5.02 Å². The Balaban J connectivity index is 1.89. The number of aromatic nitrogens is 1. The van der Waals surface area contributed by atoms with Gasteiger partial charge in [0, 0.05) is 11.8 Å². The maximum absolute atomic E-state index is 5.96. The highest BCUT2D eigenvalue weighted by molar-refractivity contribution is 6.30. The van der Waals surface area contributed by atoms with Crippen LogP contribution in [0, 0.1) is 5.41 Å². The van der Waals surface area contributed by atoms with Crippen molar-refractivity contribution in [2.45, 2.75) is 32.2 Å². The third-order valence-electron chi connectivity index (χ3n) is 5.45. The number of nitrogens with zero attached hydrogens (tertiary/aromatic N) is 2. The second kappa shape index (κ2) is 5.21. The van der Waals surface area contributed by atoms with Crippen LogP contribution in [0.4, 0.5) is 0 Å². The lowest BCUT2D eigenvalue weighted by Gasteiger charge is -2.45. The first-order valence-corrected chi connectivity index (χ1v) is 8.53. The zero-order chi connectivity index (χ0) is 16.9. The number of rotatable bonds is 1. The summed E-state index contributed by atoms with van der Waals surface area (Å²) in [6.07, 6.45) is 3.76. The molecule has 2 N–H and O–H groups in total. The summed E-state index contributed by atoms with van der Waals surface area (Å²) in [5, 5.41) is 0.635. The van der Waals surface area contributed by atoms with E-state index in [2.05, 4.69) is 37.0 Å². The van der Waals surface area contributed by atoms with Gasteiger partial charge in [-0.2, -0.15) is 0 Å². The maximum Gasteiger partial charge on any atom is 0.283 e. The summed E-state index contributed by atoms with van der Waals surface area (Å²) >= 11 is 5.96. The molecule has 1 unspecified atom stereocenters. The monoisotopic (exact) mass is 341 g/mol. The Hall–Kier alpha value is -2.07. The van der Waals surface area contributed by atoms with Gasteiger partial charge >= 0.3 is 0 Å². The van der Waals surface area contributed by atoms with Crippen molar-refractivity contribution in [3.05, 3.63) is 52.7 Å². The van der Waals surface area contributed by atoms with E-state index in [9.17, 15) is 0 Å². The Labute approximate surface area is 146 Å². The molecule has 4 nitrogen and oxygen atoms in total. The average Bonchev–Trinajstić information content (AvgIpc) is 2.96. The molecule has 1 aliphatic carbocycles. The van der Waals surface area contributed by atoms with Crippen LogP contribution in [-0.4, -0.2) is 17.6 Å². The van der Waals surface area contributed by atoms with Crippen molar-refractivity contribution in [1.82, 2.24) is 4.98 Å². The summed E-state index contributed by atoms with van der Waals surface area (Å²) < 4.78 is 5.59. The minimum absolute atomic E-state index is 0.0207. The van der Waals surface area contributed by atoms with E-state index < -0.39 is 5.54 Å². The second-order valence-electron chi connectivity index (χ2n) is 7.22. The van der Waals surface area contributed by atoms with Crippen LogP contribution >= 0.6 is 11.6 Å². The highest BCUT2D eigenvalue weighted by atomic mass is 35.5.